The zero-order chi connectivity index (χ0) is 14.3. The van der Waals surface area contributed by atoms with Crippen molar-refractivity contribution in [2.75, 3.05) is 7.11 Å². The predicted octanol–water partition coefficient (Wildman–Crippen LogP) is 3.99. The number of halogens is 2. The molecule has 102 valence electrons. The number of ether oxygens (including phenoxy) is 1. The highest BCUT2D eigenvalue weighted by molar-refractivity contribution is 9.10. The second-order valence-electron chi connectivity index (χ2n) is 4.09. The van der Waals surface area contributed by atoms with Crippen LogP contribution in [0.4, 0.5) is 4.39 Å². The minimum Gasteiger partial charge on any atom is -0.481 e. The molecule has 0 aliphatic carbocycles. The maximum absolute atomic E-state index is 14.1. The van der Waals surface area contributed by atoms with Gasteiger partial charge < -0.3 is 9.72 Å². The maximum Gasteiger partial charge on any atom is 0.215 e. The van der Waals surface area contributed by atoms with Gasteiger partial charge in [-0.1, -0.05) is 15.9 Å². The van der Waals surface area contributed by atoms with E-state index in [2.05, 4.69) is 25.9 Å². The molecule has 1 aromatic carbocycles. The van der Waals surface area contributed by atoms with Crippen LogP contribution >= 0.6 is 28.1 Å². The zero-order valence-corrected chi connectivity index (χ0v) is 12.8. The van der Waals surface area contributed by atoms with Crippen LogP contribution in [0.5, 0.6) is 5.88 Å². The van der Waals surface area contributed by atoms with E-state index >= 15 is 0 Å². The summed E-state index contributed by atoms with van der Waals surface area (Å²) in [6, 6.07) is 8.17. The van der Waals surface area contributed by atoms with Gasteiger partial charge in [-0.25, -0.2) is 4.39 Å². The number of methoxy groups -OCH3 is 1. The van der Waals surface area contributed by atoms with Crippen molar-refractivity contribution in [3.05, 3.63) is 45.4 Å². The van der Waals surface area contributed by atoms with Crippen LogP contribution in [0.1, 0.15) is 0 Å². The highest BCUT2D eigenvalue weighted by Gasteiger charge is 2.13. The van der Waals surface area contributed by atoms with E-state index in [0.29, 0.717) is 22.0 Å². The Bertz CT molecular complexity index is 858. The molecule has 2 heterocycles. The van der Waals surface area contributed by atoms with Gasteiger partial charge in [-0.2, -0.15) is 4.98 Å². The number of nitrogens with one attached hydrogen (secondary N) is 1. The Labute approximate surface area is 127 Å². The summed E-state index contributed by atoms with van der Waals surface area (Å²) >= 11 is 8.59. The Balaban J connectivity index is 2.37. The molecule has 3 aromatic rings. The summed E-state index contributed by atoms with van der Waals surface area (Å²) in [6.07, 6.45) is 0. The fourth-order valence-electron chi connectivity index (χ4n) is 1.96. The number of hydrogen-bond donors (Lipinski definition) is 1. The number of aromatic amines is 1. The summed E-state index contributed by atoms with van der Waals surface area (Å²) in [5.41, 5.74) is 1.57. The fourth-order valence-corrected chi connectivity index (χ4v) is 2.60. The highest BCUT2D eigenvalue weighted by atomic mass is 79.9. The summed E-state index contributed by atoms with van der Waals surface area (Å²) in [7, 11) is 1.53. The normalized spacial score (nSPS) is 10.9. The van der Waals surface area contributed by atoms with Crippen molar-refractivity contribution in [3.8, 4) is 11.6 Å². The first-order chi connectivity index (χ1) is 9.60. The van der Waals surface area contributed by atoms with Crippen LogP contribution in [0.3, 0.4) is 0 Å². The molecule has 3 rings (SSSR count). The lowest BCUT2D eigenvalue weighted by molar-refractivity contribution is 0.399. The number of fused-ring (bicyclic) bond motifs is 1. The van der Waals surface area contributed by atoms with Gasteiger partial charge in [0.1, 0.15) is 5.82 Å². The number of benzene rings is 1. The van der Waals surface area contributed by atoms with Gasteiger partial charge >= 0.3 is 0 Å². The second kappa shape index (κ2) is 4.99. The quantitative estimate of drug-likeness (QED) is 0.708. The Kier molecular flexibility index (Phi) is 3.31. The molecule has 0 aliphatic heterocycles. The van der Waals surface area contributed by atoms with E-state index in [4.69, 9.17) is 17.0 Å². The molecule has 20 heavy (non-hydrogen) atoms. The van der Waals surface area contributed by atoms with Crippen LogP contribution in [0, 0.1) is 10.6 Å². The number of hydrogen-bond acceptors (Lipinski definition) is 3. The Morgan fingerprint density at radius 1 is 1.35 bits per heavy atom. The molecule has 0 amide bonds. The van der Waals surface area contributed by atoms with Crippen molar-refractivity contribution in [1.82, 2.24) is 14.5 Å². The van der Waals surface area contributed by atoms with E-state index in [1.165, 1.54) is 13.2 Å². The lowest BCUT2D eigenvalue weighted by Crippen LogP contribution is -1.99. The van der Waals surface area contributed by atoms with Crippen molar-refractivity contribution in [1.29, 1.82) is 0 Å². The van der Waals surface area contributed by atoms with E-state index < -0.39 is 0 Å². The highest BCUT2D eigenvalue weighted by Crippen LogP contribution is 2.24. The lowest BCUT2D eigenvalue weighted by Gasteiger charge is -2.06. The third-order valence-corrected chi connectivity index (χ3v) is 3.64. The molecule has 0 unspecified atom stereocenters. The van der Waals surface area contributed by atoms with Crippen molar-refractivity contribution in [2.24, 2.45) is 0 Å². The number of imidazole rings is 1. The standard InChI is InChI=1S/C13H9BrFN3OS/c1-19-11-5-4-9-12(17-11)18(13(20)16-9)10-6-7(14)2-3-8(10)15/h2-6H,1H3,(H,16,20). The van der Waals surface area contributed by atoms with Gasteiger partial charge in [0.25, 0.3) is 0 Å². The van der Waals surface area contributed by atoms with E-state index in [1.807, 2.05) is 0 Å². The van der Waals surface area contributed by atoms with Crippen molar-refractivity contribution in [3.63, 3.8) is 0 Å². The minimum absolute atomic E-state index is 0.330. The first kappa shape index (κ1) is 13.3. The Hall–Kier alpha value is -1.73. The smallest absolute Gasteiger partial charge is 0.215 e. The summed E-state index contributed by atoms with van der Waals surface area (Å²) in [4.78, 5) is 7.32. The third-order valence-electron chi connectivity index (χ3n) is 2.86. The van der Waals surface area contributed by atoms with Gasteiger partial charge in [-0.05, 0) is 36.5 Å². The Morgan fingerprint density at radius 3 is 2.90 bits per heavy atom. The monoisotopic (exact) mass is 353 g/mol. The van der Waals surface area contributed by atoms with E-state index in [0.717, 1.165) is 9.99 Å². The van der Waals surface area contributed by atoms with E-state index in [1.54, 1.807) is 28.8 Å². The molecule has 0 spiro atoms. The third kappa shape index (κ3) is 2.12. The van der Waals surface area contributed by atoms with Crippen molar-refractivity contribution in [2.45, 2.75) is 0 Å². The van der Waals surface area contributed by atoms with Crippen molar-refractivity contribution >= 4 is 39.3 Å². The SMILES string of the molecule is COc1ccc2[nH]c(=S)n(-c3cc(Br)ccc3F)c2n1. The molecule has 0 aliphatic rings. The molecule has 1 N–H and O–H groups in total. The van der Waals surface area contributed by atoms with Gasteiger partial charge in [-0.3, -0.25) is 4.57 Å². The average molecular weight is 354 g/mol. The van der Waals surface area contributed by atoms with Gasteiger partial charge in [-0.15, -0.1) is 0 Å². The second-order valence-corrected chi connectivity index (χ2v) is 5.39. The van der Waals surface area contributed by atoms with Crippen LogP contribution in [0.2, 0.25) is 0 Å². The van der Waals surface area contributed by atoms with Crippen LogP contribution in [-0.2, 0) is 0 Å². The average Bonchev–Trinajstić information content (AvgIpc) is 2.76. The molecule has 2 aromatic heterocycles. The van der Waals surface area contributed by atoms with Crippen LogP contribution in [0.15, 0.2) is 34.8 Å². The minimum atomic E-state index is -0.380. The summed E-state index contributed by atoms with van der Waals surface area (Å²) in [5, 5.41) is 0. The molecule has 0 saturated carbocycles. The van der Waals surface area contributed by atoms with E-state index in [9.17, 15) is 4.39 Å². The number of rotatable bonds is 2. The molecule has 7 heteroatoms. The fraction of sp³-hybridized carbons (Fsp3) is 0.0769. The van der Waals surface area contributed by atoms with Crippen LogP contribution < -0.4 is 4.74 Å². The first-order valence-electron chi connectivity index (χ1n) is 5.71. The molecule has 0 radical (unpaired) electrons. The van der Waals surface area contributed by atoms with Gasteiger partial charge in [0.05, 0.1) is 18.3 Å². The first-order valence-corrected chi connectivity index (χ1v) is 6.91. The molecule has 0 saturated heterocycles. The lowest BCUT2D eigenvalue weighted by atomic mass is 10.3. The number of nitrogens with zero attached hydrogens (tertiary/aromatic N) is 2. The zero-order valence-electron chi connectivity index (χ0n) is 10.4. The topological polar surface area (TPSA) is 42.8 Å². The van der Waals surface area contributed by atoms with Crippen LogP contribution in [-0.4, -0.2) is 21.6 Å². The van der Waals surface area contributed by atoms with Gasteiger partial charge in [0, 0.05) is 10.5 Å². The number of aromatic nitrogens is 3. The largest absolute Gasteiger partial charge is 0.481 e. The molecular weight excluding hydrogens is 345 g/mol. The molecular formula is C13H9BrFN3OS. The summed E-state index contributed by atoms with van der Waals surface area (Å²) < 4.78 is 21.8. The predicted molar refractivity (Wildman–Crippen MR) is 80.5 cm³/mol. The molecule has 0 fully saturated rings. The van der Waals surface area contributed by atoms with E-state index in [-0.39, 0.29) is 5.82 Å². The molecule has 4 nitrogen and oxygen atoms in total. The van der Waals surface area contributed by atoms with Crippen molar-refractivity contribution < 1.29 is 9.13 Å². The molecule has 0 atom stereocenters. The van der Waals surface area contributed by atoms with Gasteiger partial charge in [0.2, 0.25) is 5.88 Å². The maximum atomic E-state index is 14.1. The summed E-state index contributed by atoms with van der Waals surface area (Å²) in [6.45, 7) is 0. The summed E-state index contributed by atoms with van der Waals surface area (Å²) in [5.74, 6) is 0.0606. The van der Waals surface area contributed by atoms with Gasteiger partial charge in [0.15, 0.2) is 10.4 Å². The number of pyridine rings is 1. The number of H-pyrrole nitrogens is 1. The Morgan fingerprint density at radius 2 is 2.15 bits per heavy atom. The van der Waals surface area contributed by atoms with Crippen LogP contribution in [0.25, 0.3) is 16.9 Å². The molecule has 0 bridgehead atoms.